The third-order valence-electron chi connectivity index (χ3n) is 8.85. The number of ether oxygens (including phenoxy) is 1. The van der Waals surface area contributed by atoms with Gasteiger partial charge in [0.05, 0.1) is 12.2 Å². The number of nitrogens with zero attached hydrogens (tertiary/aromatic N) is 4. The molecule has 0 bridgehead atoms. The van der Waals surface area contributed by atoms with Gasteiger partial charge >= 0.3 is 12.1 Å². The molecule has 3 heterocycles. The number of amides is 4. The van der Waals surface area contributed by atoms with Gasteiger partial charge < -0.3 is 25.6 Å². The summed E-state index contributed by atoms with van der Waals surface area (Å²) in [6.45, 7) is 9.14. The Bertz CT molecular complexity index is 1920. The zero-order valence-corrected chi connectivity index (χ0v) is 29.1. The molecule has 1 aromatic heterocycles. The summed E-state index contributed by atoms with van der Waals surface area (Å²) < 4.78 is 35.9. The number of carbonyl (C=O) groups is 3. The van der Waals surface area contributed by atoms with E-state index in [0.29, 0.717) is 61.4 Å². The second-order valence-electron chi connectivity index (χ2n) is 13.7. The molecule has 0 saturated carbocycles. The van der Waals surface area contributed by atoms with Crippen molar-refractivity contribution in [3.05, 3.63) is 101 Å². The van der Waals surface area contributed by atoms with Crippen LogP contribution in [0.1, 0.15) is 60.7 Å². The maximum atomic E-state index is 15.2. The van der Waals surface area contributed by atoms with Gasteiger partial charge in [0.1, 0.15) is 22.9 Å². The molecule has 0 aliphatic carbocycles. The molecular weight excluding hydrogens is 656 g/mol. The highest BCUT2D eigenvalue weighted by atomic mass is 19.1. The third kappa shape index (κ3) is 8.08. The van der Waals surface area contributed by atoms with Crippen LogP contribution in [0.15, 0.2) is 66.7 Å². The summed E-state index contributed by atoms with van der Waals surface area (Å²) in [5.74, 6) is -1.63. The lowest BCUT2D eigenvalue weighted by atomic mass is 9.96. The summed E-state index contributed by atoms with van der Waals surface area (Å²) in [6.07, 6.45) is 0.930. The number of hydrogen-bond acceptors (Lipinski definition) is 7. The molecule has 0 spiro atoms. The smallest absolute Gasteiger partial charge is 0.407 e. The highest BCUT2D eigenvalue weighted by Crippen LogP contribution is 2.40. The number of piperidine rings is 1. The Morgan fingerprint density at radius 3 is 2.35 bits per heavy atom. The number of hydrogen-bond donors (Lipinski definition) is 3. The molecule has 4 amide bonds. The van der Waals surface area contributed by atoms with Gasteiger partial charge in [0.15, 0.2) is 5.82 Å². The molecule has 1 saturated heterocycles. The number of alkyl carbamates (subject to hydrolysis) is 1. The first kappa shape index (κ1) is 35.2. The lowest BCUT2D eigenvalue weighted by Crippen LogP contribution is -2.44. The highest BCUT2D eigenvalue weighted by molar-refractivity contribution is 6.02. The van der Waals surface area contributed by atoms with Crippen molar-refractivity contribution < 1.29 is 27.9 Å². The Hall–Kier alpha value is -5.59. The molecule has 6 rings (SSSR count). The quantitative estimate of drug-likeness (QED) is 0.186. The van der Waals surface area contributed by atoms with Crippen molar-refractivity contribution in [3.8, 4) is 11.3 Å². The van der Waals surface area contributed by atoms with E-state index in [0.717, 1.165) is 28.2 Å². The number of halogens is 2. The molecule has 1 fully saturated rings. The van der Waals surface area contributed by atoms with E-state index in [2.05, 4.69) is 16.0 Å². The van der Waals surface area contributed by atoms with Crippen molar-refractivity contribution in [3.63, 3.8) is 0 Å². The van der Waals surface area contributed by atoms with Gasteiger partial charge in [-0.25, -0.2) is 28.3 Å². The third-order valence-corrected chi connectivity index (χ3v) is 8.85. The number of rotatable bonds is 8. The number of nitrogens with one attached hydrogen (secondary N) is 3. The van der Waals surface area contributed by atoms with Crippen LogP contribution in [0.2, 0.25) is 0 Å². The molecule has 11 nitrogen and oxygen atoms in total. The minimum atomic E-state index is -0.925. The van der Waals surface area contributed by atoms with E-state index in [-0.39, 0.29) is 30.1 Å². The fraction of sp³-hybridized carbons (Fsp3) is 0.342. The predicted molar refractivity (Wildman–Crippen MR) is 190 cm³/mol. The standard InChI is InChI=1S/C38H41F2N7O4/c1-23-13-14-26(34(48)41-20-24-9-6-5-7-10-24)19-27(23)31-28-22-42-36(49)47(32-29(39)11-8-12-30(32)40)33(28)45-35(44-31)46-17-15-25(16-18-46)21-43-37(50)51-38(2,3)4/h5-14,19,25H,15-18,20-22H2,1-4H3,(H,41,48)(H,42,49)(H,43,50). The molecule has 0 unspecified atom stereocenters. The number of para-hydroxylation sites is 1. The molecule has 2 aliphatic heterocycles. The van der Waals surface area contributed by atoms with Crippen molar-refractivity contribution >= 4 is 35.5 Å². The van der Waals surface area contributed by atoms with Crippen LogP contribution in [0.3, 0.4) is 0 Å². The lowest BCUT2D eigenvalue weighted by Gasteiger charge is -2.35. The SMILES string of the molecule is Cc1ccc(C(=O)NCc2ccccc2)cc1-c1nc(N2CCC(CNC(=O)OC(C)(C)C)CC2)nc2c1CNC(=O)N2c1c(F)cccc1F. The largest absolute Gasteiger partial charge is 0.444 e. The van der Waals surface area contributed by atoms with E-state index in [4.69, 9.17) is 14.7 Å². The number of carbonyl (C=O) groups excluding carboxylic acids is 3. The average molecular weight is 698 g/mol. The van der Waals surface area contributed by atoms with Crippen molar-refractivity contribution in [2.75, 3.05) is 29.4 Å². The first-order valence-corrected chi connectivity index (χ1v) is 17.0. The monoisotopic (exact) mass is 697 g/mol. The van der Waals surface area contributed by atoms with E-state index < -0.39 is 35.0 Å². The Morgan fingerprint density at radius 1 is 0.961 bits per heavy atom. The Labute approximate surface area is 295 Å². The van der Waals surface area contributed by atoms with Gasteiger partial charge in [-0.3, -0.25) is 4.79 Å². The van der Waals surface area contributed by atoms with Gasteiger partial charge in [-0.15, -0.1) is 0 Å². The molecule has 266 valence electrons. The number of benzene rings is 3. The summed E-state index contributed by atoms with van der Waals surface area (Å²) in [5.41, 5.74) is 2.49. The summed E-state index contributed by atoms with van der Waals surface area (Å²) in [6, 6.07) is 17.5. The normalized spacial score (nSPS) is 14.8. The van der Waals surface area contributed by atoms with E-state index in [1.54, 1.807) is 12.1 Å². The summed E-state index contributed by atoms with van der Waals surface area (Å²) in [4.78, 5) is 51.6. The Kier molecular flexibility index (Phi) is 10.2. The molecule has 3 N–H and O–H groups in total. The molecule has 13 heteroatoms. The minimum Gasteiger partial charge on any atom is -0.444 e. The predicted octanol–water partition coefficient (Wildman–Crippen LogP) is 6.76. The number of anilines is 3. The lowest BCUT2D eigenvalue weighted by molar-refractivity contribution is 0.0516. The van der Waals surface area contributed by atoms with E-state index in [1.807, 2.05) is 69.0 Å². The number of fused-ring (bicyclic) bond motifs is 1. The second kappa shape index (κ2) is 14.7. The van der Waals surface area contributed by atoms with E-state index >= 15 is 8.78 Å². The van der Waals surface area contributed by atoms with Gasteiger partial charge in [0, 0.05) is 42.9 Å². The zero-order chi connectivity index (χ0) is 36.3. The number of aryl methyl sites for hydroxylation is 1. The topological polar surface area (TPSA) is 129 Å². The van der Waals surface area contributed by atoms with Gasteiger partial charge in [-0.2, -0.15) is 4.98 Å². The molecule has 3 aromatic carbocycles. The van der Waals surface area contributed by atoms with Crippen LogP contribution in [-0.4, -0.2) is 53.2 Å². The van der Waals surface area contributed by atoms with Gasteiger partial charge in [0.25, 0.3) is 5.91 Å². The van der Waals surface area contributed by atoms with Crippen molar-refractivity contribution in [2.24, 2.45) is 5.92 Å². The fourth-order valence-corrected chi connectivity index (χ4v) is 6.20. The van der Waals surface area contributed by atoms with Crippen molar-refractivity contribution in [2.45, 2.75) is 59.2 Å². The maximum absolute atomic E-state index is 15.2. The van der Waals surface area contributed by atoms with Crippen LogP contribution in [0.25, 0.3) is 11.3 Å². The molecule has 2 aliphatic rings. The first-order chi connectivity index (χ1) is 24.4. The molecule has 4 aromatic rings. The molecule has 0 atom stereocenters. The van der Waals surface area contributed by atoms with Gasteiger partial charge in [-0.05, 0) is 81.8 Å². The van der Waals surface area contributed by atoms with Crippen LogP contribution in [0, 0.1) is 24.5 Å². The maximum Gasteiger partial charge on any atom is 0.407 e. The number of urea groups is 1. The Balaban J connectivity index is 1.35. The van der Waals surface area contributed by atoms with Crippen molar-refractivity contribution in [1.29, 1.82) is 0 Å². The Morgan fingerprint density at radius 2 is 1.67 bits per heavy atom. The van der Waals surface area contributed by atoms with Crippen LogP contribution >= 0.6 is 0 Å². The molecular formula is C38H41F2N7O4. The summed E-state index contributed by atoms with van der Waals surface area (Å²) in [5, 5.41) is 8.53. The van der Waals surface area contributed by atoms with E-state index in [1.165, 1.54) is 6.07 Å². The van der Waals surface area contributed by atoms with Crippen LogP contribution in [-0.2, 0) is 17.8 Å². The van der Waals surface area contributed by atoms with Crippen molar-refractivity contribution in [1.82, 2.24) is 25.9 Å². The highest BCUT2D eigenvalue weighted by Gasteiger charge is 2.35. The number of aromatic nitrogens is 2. The fourth-order valence-electron chi connectivity index (χ4n) is 6.20. The van der Waals surface area contributed by atoms with Gasteiger partial charge in [-0.1, -0.05) is 42.5 Å². The second-order valence-corrected chi connectivity index (χ2v) is 13.7. The average Bonchev–Trinajstić information content (AvgIpc) is 3.10. The first-order valence-electron chi connectivity index (χ1n) is 17.0. The molecule has 0 radical (unpaired) electrons. The minimum absolute atomic E-state index is 0.00136. The summed E-state index contributed by atoms with van der Waals surface area (Å²) in [7, 11) is 0. The summed E-state index contributed by atoms with van der Waals surface area (Å²) >= 11 is 0. The van der Waals surface area contributed by atoms with E-state index in [9.17, 15) is 14.4 Å². The molecule has 51 heavy (non-hydrogen) atoms. The van der Waals surface area contributed by atoms with Crippen LogP contribution < -0.4 is 25.8 Å². The van der Waals surface area contributed by atoms with Crippen LogP contribution in [0.4, 0.5) is 35.8 Å². The van der Waals surface area contributed by atoms with Crippen LogP contribution in [0.5, 0.6) is 0 Å². The van der Waals surface area contributed by atoms with Gasteiger partial charge in [0.2, 0.25) is 5.95 Å². The zero-order valence-electron chi connectivity index (χ0n) is 29.1.